The van der Waals surface area contributed by atoms with Gasteiger partial charge in [0, 0.05) is 17.6 Å². The molecule has 0 saturated heterocycles. The number of hydrogen-bond acceptors (Lipinski definition) is 4. The summed E-state index contributed by atoms with van der Waals surface area (Å²) in [5.74, 6) is -0.403. The number of rotatable bonds is 7. The first-order valence-corrected chi connectivity index (χ1v) is 11.2. The Labute approximate surface area is 178 Å². The maximum Gasteiger partial charge on any atom is 0.255 e. The molecule has 0 aliphatic rings. The summed E-state index contributed by atoms with van der Waals surface area (Å²) in [5.41, 5.74) is 0.409. The van der Waals surface area contributed by atoms with Crippen LogP contribution >= 0.6 is 0 Å². The number of hydrogen-bond donors (Lipinski definition) is 3. The highest BCUT2D eigenvalue weighted by Crippen LogP contribution is 2.18. The number of benzene rings is 2. The predicted molar refractivity (Wildman–Crippen MR) is 118 cm³/mol. The summed E-state index contributed by atoms with van der Waals surface area (Å²) in [6.07, 6.45) is 0. The lowest BCUT2D eigenvalue weighted by Gasteiger charge is -2.20. The number of amides is 2. The smallest absolute Gasteiger partial charge is 0.255 e. The summed E-state index contributed by atoms with van der Waals surface area (Å²) in [6.45, 7) is 9.77. The van der Waals surface area contributed by atoms with Gasteiger partial charge in [-0.15, -0.1) is 0 Å². The van der Waals surface area contributed by atoms with Crippen molar-refractivity contribution in [3.05, 3.63) is 59.7 Å². The second-order valence-corrected chi connectivity index (χ2v) is 10.2. The van der Waals surface area contributed by atoms with E-state index in [1.54, 1.807) is 45.0 Å². The van der Waals surface area contributed by atoms with Crippen LogP contribution in [0.4, 0.5) is 5.69 Å². The van der Waals surface area contributed by atoms with E-state index in [1.165, 1.54) is 24.3 Å². The minimum Gasteiger partial charge on any atom is -0.352 e. The first kappa shape index (κ1) is 23.6. The van der Waals surface area contributed by atoms with Gasteiger partial charge in [0.25, 0.3) is 11.8 Å². The number of carbonyl (C=O) groups is 2. The lowest BCUT2D eigenvalue weighted by molar-refractivity contribution is 0.0950. The third kappa shape index (κ3) is 6.67. The van der Waals surface area contributed by atoms with Crippen LogP contribution in [-0.2, 0) is 10.0 Å². The fraction of sp³-hybridized carbons (Fsp3) is 0.364. The molecular weight excluding hydrogens is 402 g/mol. The SMILES string of the molecule is CC(C)CNC(=O)c1ccccc1NC(=O)c1ccc(S(=O)(=O)NC(C)(C)C)cc1. The lowest BCUT2D eigenvalue weighted by Crippen LogP contribution is -2.40. The molecule has 0 radical (unpaired) electrons. The van der Waals surface area contributed by atoms with Crippen molar-refractivity contribution in [2.45, 2.75) is 45.1 Å². The minimum atomic E-state index is -3.69. The summed E-state index contributed by atoms with van der Waals surface area (Å²) < 4.78 is 27.4. The number of para-hydroxylation sites is 1. The van der Waals surface area contributed by atoms with Gasteiger partial charge in [-0.25, -0.2) is 13.1 Å². The van der Waals surface area contributed by atoms with Crippen LogP contribution in [0.3, 0.4) is 0 Å². The highest BCUT2D eigenvalue weighted by molar-refractivity contribution is 7.89. The number of nitrogens with one attached hydrogen (secondary N) is 3. The molecule has 0 spiro atoms. The molecule has 2 aromatic carbocycles. The third-order valence-corrected chi connectivity index (χ3v) is 5.73. The van der Waals surface area contributed by atoms with Crippen molar-refractivity contribution in [3.8, 4) is 0 Å². The molecule has 30 heavy (non-hydrogen) atoms. The quantitative estimate of drug-likeness (QED) is 0.625. The van der Waals surface area contributed by atoms with Crippen molar-refractivity contribution in [1.82, 2.24) is 10.0 Å². The average molecular weight is 432 g/mol. The van der Waals surface area contributed by atoms with Crippen LogP contribution in [0, 0.1) is 5.92 Å². The fourth-order valence-corrected chi connectivity index (χ4v) is 4.04. The molecule has 2 rings (SSSR count). The molecule has 3 N–H and O–H groups in total. The van der Waals surface area contributed by atoms with E-state index in [1.807, 2.05) is 13.8 Å². The van der Waals surface area contributed by atoms with Gasteiger partial charge in [0.2, 0.25) is 10.0 Å². The molecule has 7 nitrogen and oxygen atoms in total. The zero-order valence-corrected chi connectivity index (χ0v) is 18.8. The van der Waals surface area contributed by atoms with E-state index in [4.69, 9.17) is 0 Å². The van der Waals surface area contributed by atoms with E-state index >= 15 is 0 Å². The maximum absolute atomic E-state index is 12.6. The van der Waals surface area contributed by atoms with E-state index in [-0.39, 0.29) is 16.4 Å². The second kappa shape index (κ2) is 9.40. The normalized spacial score (nSPS) is 11.9. The fourth-order valence-electron chi connectivity index (χ4n) is 2.62. The minimum absolute atomic E-state index is 0.0717. The van der Waals surface area contributed by atoms with Crippen molar-refractivity contribution in [2.75, 3.05) is 11.9 Å². The summed E-state index contributed by atoms with van der Waals surface area (Å²) in [7, 11) is -3.69. The zero-order chi connectivity index (χ0) is 22.5. The topological polar surface area (TPSA) is 104 Å². The van der Waals surface area contributed by atoms with Gasteiger partial charge in [-0.2, -0.15) is 0 Å². The van der Waals surface area contributed by atoms with Crippen molar-refractivity contribution >= 4 is 27.5 Å². The molecule has 0 atom stereocenters. The number of carbonyl (C=O) groups excluding carboxylic acids is 2. The monoisotopic (exact) mass is 431 g/mol. The van der Waals surface area contributed by atoms with Crippen LogP contribution in [0.1, 0.15) is 55.3 Å². The second-order valence-electron chi connectivity index (χ2n) is 8.48. The van der Waals surface area contributed by atoms with E-state index in [2.05, 4.69) is 15.4 Å². The van der Waals surface area contributed by atoms with Crippen molar-refractivity contribution < 1.29 is 18.0 Å². The summed E-state index contributed by atoms with van der Waals surface area (Å²) in [4.78, 5) is 25.1. The van der Waals surface area contributed by atoms with Crippen molar-refractivity contribution in [2.24, 2.45) is 5.92 Å². The Morgan fingerprint density at radius 2 is 1.53 bits per heavy atom. The Kier molecular flexibility index (Phi) is 7.39. The van der Waals surface area contributed by atoms with Crippen molar-refractivity contribution in [1.29, 1.82) is 0 Å². The first-order chi connectivity index (χ1) is 13.9. The van der Waals surface area contributed by atoms with E-state index in [9.17, 15) is 18.0 Å². The molecule has 2 amide bonds. The largest absolute Gasteiger partial charge is 0.352 e. The number of sulfonamides is 1. The zero-order valence-electron chi connectivity index (χ0n) is 17.9. The lowest BCUT2D eigenvalue weighted by atomic mass is 10.1. The van der Waals surface area contributed by atoms with Gasteiger partial charge in [-0.3, -0.25) is 9.59 Å². The molecule has 0 aromatic heterocycles. The maximum atomic E-state index is 12.6. The molecule has 0 bridgehead atoms. The van der Waals surface area contributed by atoms with Gasteiger partial charge in [0.05, 0.1) is 16.1 Å². The predicted octanol–water partition coefficient (Wildman–Crippen LogP) is 3.40. The summed E-state index contributed by atoms with van der Waals surface area (Å²) in [5, 5.41) is 5.56. The van der Waals surface area contributed by atoms with Gasteiger partial charge < -0.3 is 10.6 Å². The molecule has 0 unspecified atom stereocenters. The Hall–Kier alpha value is -2.71. The van der Waals surface area contributed by atoms with Crippen LogP contribution in [0.25, 0.3) is 0 Å². The van der Waals surface area contributed by atoms with Gasteiger partial charge >= 0.3 is 0 Å². The molecule has 0 heterocycles. The van der Waals surface area contributed by atoms with Crippen LogP contribution in [-0.4, -0.2) is 32.3 Å². The van der Waals surface area contributed by atoms with Crippen molar-refractivity contribution in [3.63, 3.8) is 0 Å². The van der Waals surface area contributed by atoms with Gasteiger partial charge in [-0.05, 0) is 63.1 Å². The molecule has 0 aliphatic heterocycles. The standard InChI is InChI=1S/C22H29N3O4S/c1-15(2)14-23-21(27)18-8-6-7-9-19(18)24-20(26)16-10-12-17(13-11-16)30(28,29)25-22(3,4)5/h6-13,15,25H,14H2,1-5H3,(H,23,27)(H,24,26). The molecule has 0 saturated carbocycles. The molecule has 0 aliphatic carbocycles. The highest BCUT2D eigenvalue weighted by atomic mass is 32.2. The van der Waals surface area contributed by atoms with Crippen LogP contribution in [0.15, 0.2) is 53.4 Å². The van der Waals surface area contributed by atoms with Gasteiger partial charge in [0.15, 0.2) is 0 Å². The van der Waals surface area contributed by atoms with Crippen LogP contribution in [0.2, 0.25) is 0 Å². The molecule has 2 aromatic rings. The number of anilines is 1. The summed E-state index contributed by atoms with van der Waals surface area (Å²) >= 11 is 0. The Morgan fingerprint density at radius 1 is 0.933 bits per heavy atom. The molecule has 162 valence electrons. The van der Waals surface area contributed by atoms with Crippen LogP contribution < -0.4 is 15.4 Å². The first-order valence-electron chi connectivity index (χ1n) is 9.72. The Morgan fingerprint density at radius 3 is 2.10 bits per heavy atom. The van der Waals surface area contributed by atoms with E-state index in [0.29, 0.717) is 23.7 Å². The molecular formula is C22H29N3O4S. The molecule has 8 heteroatoms. The third-order valence-electron chi connectivity index (χ3n) is 3.96. The summed E-state index contributed by atoms with van der Waals surface area (Å²) in [6, 6.07) is 12.4. The van der Waals surface area contributed by atoms with E-state index in [0.717, 1.165) is 0 Å². The Balaban J connectivity index is 2.17. The van der Waals surface area contributed by atoms with Gasteiger partial charge in [0.1, 0.15) is 0 Å². The van der Waals surface area contributed by atoms with Gasteiger partial charge in [-0.1, -0.05) is 26.0 Å². The van der Waals surface area contributed by atoms with E-state index < -0.39 is 21.5 Å². The molecule has 0 fully saturated rings. The Bertz CT molecular complexity index is 1010. The highest BCUT2D eigenvalue weighted by Gasteiger charge is 2.22. The van der Waals surface area contributed by atoms with Crippen LogP contribution in [0.5, 0.6) is 0 Å². The average Bonchev–Trinajstić information content (AvgIpc) is 2.64.